The van der Waals surface area contributed by atoms with Crippen LogP contribution in [-0.4, -0.2) is 52.1 Å². The molecule has 4 aromatic rings. The van der Waals surface area contributed by atoms with Crippen LogP contribution in [0.4, 0.5) is 5.69 Å². The SMILES string of the molecule is Cc1nc(-c2ccc(N3CCN(C(=O)CCc4c[nH]c5ccccc45)CC3)cc2)no1. The fourth-order valence-corrected chi connectivity index (χ4v) is 4.19. The van der Waals surface area contributed by atoms with Gasteiger partial charge in [-0.15, -0.1) is 0 Å². The number of nitrogens with one attached hydrogen (secondary N) is 1. The number of hydrogen-bond donors (Lipinski definition) is 1. The summed E-state index contributed by atoms with van der Waals surface area (Å²) in [6, 6.07) is 16.4. The number of hydrogen-bond acceptors (Lipinski definition) is 5. The van der Waals surface area contributed by atoms with Gasteiger partial charge in [0, 0.05) is 67.9 Å². The fraction of sp³-hybridized carbons (Fsp3) is 0.292. The summed E-state index contributed by atoms with van der Waals surface area (Å²) in [5.41, 5.74) is 4.42. The summed E-state index contributed by atoms with van der Waals surface area (Å²) >= 11 is 0. The number of carbonyl (C=O) groups is 1. The number of H-pyrrole nitrogens is 1. The molecule has 0 atom stereocenters. The third kappa shape index (κ3) is 4.03. The van der Waals surface area contributed by atoms with Gasteiger partial charge in [0.05, 0.1) is 0 Å². The molecule has 2 aromatic heterocycles. The number of fused-ring (bicyclic) bond motifs is 1. The van der Waals surface area contributed by atoms with E-state index in [1.165, 1.54) is 10.9 Å². The largest absolute Gasteiger partial charge is 0.368 e. The molecule has 7 nitrogen and oxygen atoms in total. The van der Waals surface area contributed by atoms with E-state index < -0.39 is 0 Å². The molecule has 158 valence electrons. The molecule has 2 aromatic carbocycles. The van der Waals surface area contributed by atoms with E-state index in [1.54, 1.807) is 6.92 Å². The van der Waals surface area contributed by atoms with Crippen molar-refractivity contribution in [1.29, 1.82) is 0 Å². The normalized spacial score (nSPS) is 14.4. The van der Waals surface area contributed by atoms with Crippen molar-refractivity contribution in [2.75, 3.05) is 31.1 Å². The summed E-state index contributed by atoms with van der Waals surface area (Å²) in [6.07, 6.45) is 3.33. The number of aryl methyl sites for hydroxylation is 2. The summed E-state index contributed by atoms with van der Waals surface area (Å²) in [6.45, 7) is 4.95. The van der Waals surface area contributed by atoms with Crippen molar-refractivity contribution >= 4 is 22.5 Å². The lowest BCUT2D eigenvalue weighted by Crippen LogP contribution is -2.48. The number of rotatable bonds is 5. The van der Waals surface area contributed by atoms with Gasteiger partial charge in [-0.1, -0.05) is 23.4 Å². The second-order valence-corrected chi connectivity index (χ2v) is 7.91. The molecule has 1 amide bonds. The van der Waals surface area contributed by atoms with Gasteiger partial charge in [0.1, 0.15) is 0 Å². The lowest BCUT2D eigenvalue weighted by molar-refractivity contribution is -0.131. The molecule has 31 heavy (non-hydrogen) atoms. The van der Waals surface area contributed by atoms with Crippen LogP contribution in [0.2, 0.25) is 0 Å². The van der Waals surface area contributed by atoms with Crippen molar-refractivity contribution < 1.29 is 9.32 Å². The Kier molecular flexibility index (Phi) is 5.16. The number of nitrogens with zero attached hydrogens (tertiary/aromatic N) is 4. The zero-order chi connectivity index (χ0) is 21.2. The summed E-state index contributed by atoms with van der Waals surface area (Å²) in [5.74, 6) is 1.40. The second kappa shape index (κ2) is 8.26. The van der Waals surface area contributed by atoms with Crippen LogP contribution in [0.5, 0.6) is 0 Å². The average Bonchev–Trinajstić information content (AvgIpc) is 3.44. The van der Waals surface area contributed by atoms with E-state index in [0.717, 1.165) is 49.4 Å². The smallest absolute Gasteiger partial charge is 0.223 e. The average molecular weight is 415 g/mol. The number of amides is 1. The molecule has 0 aliphatic carbocycles. The number of aromatic nitrogens is 3. The van der Waals surface area contributed by atoms with Crippen molar-refractivity contribution in [3.8, 4) is 11.4 Å². The Morgan fingerprint density at radius 2 is 1.84 bits per heavy atom. The Hall–Kier alpha value is -3.61. The van der Waals surface area contributed by atoms with Crippen LogP contribution in [-0.2, 0) is 11.2 Å². The fourth-order valence-electron chi connectivity index (χ4n) is 4.19. The molecule has 1 saturated heterocycles. The molecule has 5 rings (SSSR count). The molecule has 7 heteroatoms. The Bertz CT molecular complexity index is 1190. The minimum atomic E-state index is 0.229. The van der Waals surface area contributed by atoms with Gasteiger partial charge in [0.2, 0.25) is 17.6 Å². The van der Waals surface area contributed by atoms with Crippen LogP contribution in [0.1, 0.15) is 17.9 Å². The minimum Gasteiger partial charge on any atom is -0.368 e. The van der Waals surface area contributed by atoms with Crippen LogP contribution in [0.3, 0.4) is 0 Å². The third-order valence-electron chi connectivity index (χ3n) is 5.93. The van der Waals surface area contributed by atoms with E-state index in [2.05, 4.69) is 44.3 Å². The van der Waals surface area contributed by atoms with Gasteiger partial charge in [-0.25, -0.2) is 0 Å². The topological polar surface area (TPSA) is 78.3 Å². The molecule has 0 bridgehead atoms. The van der Waals surface area contributed by atoms with Crippen LogP contribution >= 0.6 is 0 Å². The molecule has 1 aliphatic heterocycles. The lowest BCUT2D eigenvalue weighted by atomic mass is 10.1. The van der Waals surface area contributed by atoms with Gasteiger partial charge >= 0.3 is 0 Å². The van der Waals surface area contributed by atoms with Crippen molar-refractivity contribution in [2.24, 2.45) is 0 Å². The van der Waals surface area contributed by atoms with E-state index in [0.29, 0.717) is 18.1 Å². The van der Waals surface area contributed by atoms with Crippen LogP contribution < -0.4 is 4.90 Å². The first-order valence-corrected chi connectivity index (χ1v) is 10.7. The van der Waals surface area contributed by atoms with Gasteiger partial charge in [-0.05, 0) is 42.3 Å². The monoisotopic (exact) mass is 415 g/mol. The van der Waals surface area contributed by atoms with Gasteiger partial charge in [-0.3, -0.25) is 4.79 Å². The first-order valence-electron chi connectivity index (χ1n) is 10.7. The highest BCUT2D eigenvalue weighted by atomic mass is 16.5. The van der Waals surface area contributed by atoms with E-state index in [-0.39, 0.29) is 5.91 Å². The van der Waals surface area contributed by atoms with E-state index in [1.807, 2.05) is 35.4 Å². The molecule has 0 unspecified atom stereocenters. The van der Waals surface area contributed by atoms with E-state index in [9.17, 15) is 4.79 Å². The Balaban J connectivity index is 1.15. The van der Waals surface area contributed by atoms with E-state index in [4.69, 9.17) is 4.52 Å². The third-order valence-corrected chi connectivity index (χ3v) is 5.93. The molecule has 0 radical (unpaired) electrons. The quantitative estimate of drug-likeness (QED) is 0.536. The van der Waals surface area contributed by atoms with Gasteiger partial charge in [-0.2, -0.15) is 4.98 Å². The first kappa shape index (κ1) is 19.4. The Morgan fingerprint density at radius 1 is 1.06 bits per heavy atom. The number of benzene rings is 2. The maximum Gasteiger partial charge on any atom is 0.223 e. The van der Waals surface area contributed by atoms with Gasteiger partial charge in [0.25, 0.3) is 0 Å². The lowest BCUT2D eigenvalue weighted by Gasteiger charge is -2.36. The molecule has 3 heterocycles. The Morgan fingerprint density at radius 3 is 2.58 bits per heavy atom. The number of anilines is 1. The summed E-state index contributed by atoms with van der Waals surface area (Å²) < 4.78 is 5.05. The predicted octanol–water partition coefficient (Wildman–Crippen LogP) is 3.81. The van der Waals surface area contributed by atoms with Crippen molar-refractivity contribution in [3.63, 3.8) is 0 Å². The highest BCUT2D eigenvalue weighted by molar-refractivity contribution is 5.84. The van der Waals surface area contributed by atoms with Crippen molar-refractivity contribution in [2.45, 2.75) is 19.8 Å². The number of carbonyl (C=O) groups excluding carboxylic acids is 1. The summed E-state index contributed by atoms with van der Waals surface area (Å²) in [5, 5.41) is 5.17. The van der Waals surface area contributed by atoms with Crippen molar-refractivity contribution in [1.82, 2.24) is 20.0 Å². The number of aromatic amines is 1. The molecule has 1 fully saturated rings. The summed E-state index contributed by atoms with van der Waals surface area (Å²) in [4.78, 5) is 24.6. The maximum absolute atomic E-state index is 12.8. The highest BCUT2D eigenvalue weighted by Gasteiger charge is 2.21. The first-order chi connectivity index (χ1) is 15.2. The predicted molar refractivity (Wildman–Crippen MR) is 120 cm³/mol. The molecular weight excluding hydrogens is 390 g/mol. The van der Waals surface area contributed by atoms with Crippen molar-refractivity contribution in [3.05, 3.63) is 66.2 Å². The maximum atomic E-state index is 12.8. The van der Waals surface area contributed by atoms with Crippen LogP contribution in [0.25, 0.3) is 22.3 Å². The molecular formula is C24H25N5O2. The van der Waals surface area contributed by atoms with Crippen LogP contribution in [0, 0.1) is 6.92 Å². The standard InChI is InChI=1S/C24H25N5O2/c1-17-26-24(27-31-17)18-6-9-20(10-7-18)28-12-14-29(15-13-28)23(30)11-8-19-16-25-22-5-3-2-4-21(19)22/h2-7,9-10,16,25H,8,11-15H2,1H3. The Labute approximate surface area is 180 Å². The number of para-hydroxylation sites is 1. The molecule has 0 saturated carbocycles. The summed E-state index contributed by atoms with van der Waals surface area (Å²) in [7, 11) is 0. The van der Waals surface area contributed by atoms with E-state index >= 15 is 0 Å². The highest BCUT2D eigenvalue weighted by Crippen LogP contribution is 2.23. The molecule has 1 N–H and O–H groups in total. The molecule has 1 aliphatic rings. The zero-order valence-electron chi connectivity index (χ0n) is 17.5. The molecule has 0 spiro atoms. The minimum absolute atomic E-state index is 0.229. The van der Waals surface area contributed by atoms with Gasteiger partial charge < -0.3 is 19.3 Å². The van der Waals surface area contributed by atoms with Gasteiger partial charge in [0.15, 0.2) is 0 Å². The second-order valence-electron chi connectivity index (χ2n) is 7.91. The zero-order valence-corrected chi connectivity index (χ0v) is 17.5. The van der Waals surface area contributed by atoms with Crippen LogP contribution in [0.15, 0.2) is 59.3 Å². The number of piperazine rings is 1.